The molecule has 1 atom stereocenters. The third-order valence-corrected chi connectivity index (χ3v) is 3.96. The lowest BCUT2D eigenvalue weighted by Crippen LogP contribution is -2.38. The smallest absolute Gasteiger partial charge is 0.166 e. The van der Waals surface area contributed by atoms with Crippen LogP contribution < -0.4 is 10.6 Å². The van der Waals surface area contributed by atoms with Crippen LogP contribution in [0.4, 0.5) is 0 Å². The van der Waals surface area contributed by atoms with E-state index in [9.17, 15) is 0 Å². The fraction of sp³-hybridized carbons (Fsp3) is 0.733. The van der Waals surface area contributed by atoms with Gasteiger partial charge >= 0.3 is 0 Å². The molecule has 21 heavy (non-hydrogen) atoms. The first-order chi connectivity index (χ1) is 9.97. The van der Waals surface area contributed by atoms with E-state index < -0.39 is 0 Å². The molecule has 1 aromatic heterocycles. The van der Waals surface area contributed by atoms with Crippen molar-refractivity contribution in [3.63, 3.8) is 0 Å². The van der Waals surface area contributed by atoms with E-state index in [1.807, 2.05) is 24.9 Å². The molecule has 0 amide bonds. The maximum atomic E-state index is 5.35. The highest BCUT2D eigenvalue weighted by Crippen LogP contribution is 2.15. The van der Waals surface area contributed by atoms with Gasteiger partial charge in [0.1, 0.15) is 0 Å². The summed E-state index contributed by atoms with van der Waals surface area (Å²) in [4.78, 5) is 2.42. The first-order valence-electron chi connectivity index (χ1n) is 7.74. The fourth-order valence-electron chi connectivity index (χ4n) is 2.41. The number of nitrogens with one attached hydrogen (secondary N) is 2. The van der Waals surface area contributed by atoms with Crippen molar-refractivity contribution in [1.82, 2.24) is 25.3 Å². The second kappa shape index (κ2) is 9.00. The molecule has 120 valence electrons. The molecule has 1 unspecified atom stereocenters. The van der Waals surface area contributed by atoms with Gasteiger partial charge in [-0.15, -0.1) is 0 Å². The average Bonchev–Trinajstić information content (AvgIpc) is 2.78. The van der Waals surface area contributed by atoms with Crippen LogP contribution in [0.1, 0.15) is 44.5 Å². The molecule has 0 aliphatic heterocycles. The van der Waals surface area contributed by atoms with Crippen LogP contribution in [0.2, 0.25) is 0 Å². The molecule has 1 aromatic rings. The molecule has 5 nitrogen and oxygen atoms in total. The molecule has 0 spiro atoms. The number of hydrogen-bond donors (Lipinski definition) is 2. The summed E-state index contributed by atoms with van der Waals surface area (Å²) in [7, 11) is 1.94. The molecule has 1 heterocycles. The second-order valence-corrected chi connectivity index (χ2v) is 5.75. The Hall–Kier alpha value is -1.14. The van der Waals surface area contributed by atoms with Crippen LogP contribution in [0.3, 0.4) is 0 Å². The molecule has 0 aromatic carbocycles. The zero-order valence-corrected chi connectivity index (χ0v) is 14.8. The minimum absolute atomic E-state index is 0.168. The summed E-state index contributed by atoms with van der Waals surface area (Å²) in [5, 5.41) is 11.7. The molecule has 1 rings (SSSR count). The Morgan fingerprint density at radius 2 is 2.10 bits per heavy atom. The predicted molar refractivity (Wildman–Crippen MR) is 92.5 cm³/mol. The van der Waals surface area contributed by atoms with Crippen molar-refractivity contribution in [2.75, 3.05) is 26.2 Å². The summed E-state index contributed by atoms with van der Waals surface area (Å²) in [6.45, 7) is 12.7. The Kier molecular flexibility index (Phi) is 7.67. The quantitative estimate of drug-likeness (QED) is 0.568. The van der Waals surface area contributed by atoms with E-state index in [2.05, 4.69) is 41.4 Å². The lowest BCUT2D eigenvalue weighted by atomic mass is 10.1. The van der Waals surface area contributed by atoms with Crippen molar-refractivity contribution in [2.24, 2.45) is 7.05 Å². The maximum Gasteiger partial charge on any atom is 0.166 e. The highest BCUT2D eigenvalue weighted by atomic mass is 32.1. The number of aryl methyl sites for hydroxylation is 2. The summed E-state index contributed by atoms with van der Waals surface area (Å²) in [5.41, 5.74) is 2.23. The van der Waals surface area contributed by atoms with Gasteiger partial charge < -0.3 is 15.5 Å². The zero-order chi connectivity index (χ0) is 15.8. The summed E-state index contributed by atoms with van der Waals surface area (Å²) in [5.74, 6) is 0. The van der Waals surface area contributed by atoms with Crippen molar-refractivity contribution < 1.29 is 0 Å². The largest absolute Gasteiger partial charge is 0.363 e. The minimum atomic E-state index is 0.168. The molecule has 2 N–H and O–H groups in total. The average molecular weight is 311 g/mol. The van der Waals surface area contributed by atoms with Gasteiger partial charge in [0.15, 0.2) is 5.11 Å². The normalized spacial score (nSPS) is 12.5. The first kappa shape index (κ1) is 17.9. The van der Waals surface area contributed by atoms with Gasteiger partial charge in [-0.3, -0.25) is 4.68 Å². The van der Waals surface area contributed by atoms with Gasteiger partial charge in [0.2, 0.25) is 0 Å². The predicted octanol–water partition coefficient (Wildman–Crippen LogP) is 1.99. The molecular formula is C15H29N5S. The lowest BCUT2D eigenvalue weighted by molar-refractivity contribution is 0.300. The molecule has 0 bridgehead atoms. The molecule has 0 fully saturated rings. The summed E-state index contributed by atoms with van der Waals surface area (Å²) < 4.78 is 1.84. The van der Waals surface area contributed by atoms with E-state index >= 15 is 0 Å². The molecule has 0 radical (unpaired) electrons. The van der Waals surface area contributed by atoms with Gasteiger partial charge in [0.25, 0.3) is 0 Å². The Balaban J connectivity index is 2.29. The molecule has 0 aliphatic rings. The third-order valence-electron chi connectivity index (χ3n) is 3.70. The Morgan fingerprint density at radius 3 is 2.62 bits per heavy atom. The Morgan fingerprint density at radius 1 is 1.43 bits per heavy atom. The van der Waals surface area contributed by atoms with Crippen LogP contribution >= 0.6 is 12.2 Å². The molecule has 0 aliphatic carbocycles. The highest BCUT2D eigenvalue weighted by Gasteiger charge is 2.12. The molecule has 0 saturated carbocycles. The topological polar surface area (TPSA) is 45.1 Å². The van der Waals surface area contributed by atoms with E-state index in [1.54, 1.807) is 0 Å². The van der Waals surface area contributed by atoms with Gasteiger partial charge in [0.05, 0.1) is 11.7 Å². The van der Waals surface area contributed by atoms with Crippen molar-refractivity contribution in [3.8, 4) is 0 Å². The molecular weight excluding hydrogens is 282 g/mol. The van der Waals surface area contributed by atoms with E-state index in [0.717, 1.165) is 38.3 Å². The lowest BCUT2D eigenvalue weighted by Gasteiger charge is -2.19. The SMILES string of the molecule is CCN(CC)CCCNC(=S)NC(C)c1cn(C)nc1C. The van der Waals surface area contributed by atoms with Gasteiger partial charge in [-0.2, -0.15) is 5.10 Å². The van der Waals surface area contributed by atoms with E-state index in [1.165, 1.54) is 5.56 Å². The summed E-state index contributed by atoms with van der Waals surface area (Å²) in [6.07, 6.45) is 3.14. The van der Waals surface area contributed by atoms with Crippen molar-refractivity contribution in [2.45, 2.75) is 40.2 Å². The first-order valence-corrected chi connectivity index (χ1v) is 8.15. The van der Waals surface area contributed by atoms with E-state index in [4.69, 9.17) is 12.2 Å². The number of thiocarbonyl (C=S) groups is 1. The zero-order valence-electron chi connectivity index (χ0n) is 13.9. The number of hydrogen-bond acceptors (Lipinski definition) is 3. The Labute approximate surface area is 134 Å². The van der Waals surface area contributed by atoms with Crippen molar-refractivity contribution >= 4 is 17.3 Å². The number of aromatic nitrogens is 2. The van der Waals surface area contributed by atoms with Crippen molar-refractivity contribution in [3.05, 3.63) is 17.5 Å². The van der Waals surface area contributed by atoms with Crippen molar-refractivity contribution in [1.29, 1.82) is 0 Å². The van der Waals surface area contributed by atoms with E-state index in [-0.39, 0.29) is 6.04 Å². The monoisotopic (exact) mass is 311 g/mol. The van der Waals surface area contributed by atoms with Gasteiger partial charge in [-0.1, -0.05) is 13.8 Å². The third kappa shape index (κ3) is 6.01. The molecule has 6 heteroatoms. The molecule has 0 saturated heterocycles. The fourth-order valence-corrected chi connectivity index (χ4v) is 2.69. The van der Waals surface area contributed by atoms with Gasteiger partial charge in [0, 0.05) is 25.4 Å². The Bertz CT molecular complexity index is 439. The minimum Gasteiger partial charge on any atom is -0.363 e. The van der Waals surface area contributed by atoms with Gasteiger partial charge in [-0.05, 0) is 52.1 Å². The van der Waals surface area contributed by atoms with Crippen LogP contribution in [-0.2, 0) is 7.05 Å². The maximum absolute atomic E-state index is 5.35. The standard InChI is InChI=1S/C15H29N5S/c1-6-20(7-2)10-8-9-16-15(21)17-12(3)14-11-19(5)18-13(14)4/h11-12H,6-10H2,1-5H3,(H2,16,17,21). The second-order valence-electron chi connectivity index (χ2n) is 5.35. The van der Waals surface area contributed by atoms with Crippen LogP contribution in [0, 0.1) is 6.92 Å². The van der Waals surface area contributed by atoms with Gasteiger partial charge in [-0.25, -0.2) is 0 Å². The van der Waals surface area contributed by atoms with Crippen LogP contribution in [0.15, 0.2) is 6.20 Å². The van der Waals surface area contributed by atoms with E-state index in [0.29, 0.717) is 5.11 Å². The van der Waals surface area contributed by atoms with Crippen LogP contribution in [0.5, 0.6) is 0 Å². The van der Waals surface area contributed by atoms with Crippen LogP contribution in [0.25, 0.3) is 0 Å². The number of nitrogens with zero attached hydrogens (tertiary/aromatic N) is 3. The summed E-state index contributed by atoms with van der Waals surface area (Å²) >= 11 is 5.35. The van der Waals surface area contributed by atoms with Crippen LogP contribution in [-0.4, -0.2) is 46.0 Å². The summed E-state index contributed by atoms with van der Waals surface area (Å²) in [6, 6.07) is 0.168. The number of rotatable bonds is 8. The highest BCUT2D eigenvalue weighted by molar-refractivity contribution is 7.80.